The average Bonchev–Trinajstić information content (AvgIpc) is 2.71. The van der Waals surface area contributed by atoms with E-state index in [-0.39, 0.29) is 17.6 Å². The van der Waals surface area contributed by atoms with Crippen LogP contribution in [0.5, 0.6) is 0 Å². The Kier molecular flexibility index (Phi) is 3.71. The van der Waals surface area contributed by atoms with Crippen molar-refractivity contribution in [2.75, 3.05) is 0 Å². The second kappa shape index (κ2) is 5.13. The highest BCUT2D eigenvalue weighted by Gasteiger charge is 2.16. The predicted octanol–water partition coefficient (Wildman–Crippen LogP) is 2.93. The molecule has 0 spiro atoms. The summed E-state index contributed by atoms with van der Waals surface area (Å²) in [5, 5.41) is 6.96. The van der Waals surface area contributed by atoms with Crippen molar-refractivity contribution in [2.24, 2.45) is 0 Å². The molecule has 2 rings (SSSR count). The van der Waals surface area contributed by atoms with Gasteiger partial charge < -0.3 is 4.57 Å². The van der Waals surface area contributed by atoms with Crippen LogP contribution in [0.25, 0.3) is 11.4 Å². The lowest BCUT2D eigenvalue weighted by atomic mass is 10.2. The average molecular weight is 278 g/mol. The van der Waals surface area contributed by atoms with Gasteiger partial charge in [-0.05, 0) is 52.0 Å². The van der Waals surface area contributed by atoms with Crippen LogP contribution in [-0.4, -0.2) is 19.3 Å². The first-order valence-electron chi connectivity index (χ1n) is 6.32. The van der Waals surface area contributed by atoms with Crippen molar-refractivity contribution in [3.05, 3.63) is 33.5 Å². The molecular formula is C13H18N4OS. The van der Waals surface area contributed by atoms with E-state index in [0.717, 1.165) is 0 Å². The summed E-state index contributed by atoms with van der Waals surface area (Å²) >= 11 is 5.21. The Morgan fingerprint density at radius 2 is 1.95 bits per heavy atom. The van der Waals surface area contributed by atoms with Crippen LogP contribution in [0.4, 0.5) is 0 Å². The predicted molar refractivity (Wildman–Crippen MR) is 77.9 cm³/mol. The van der Waals surface area contributed by atoms with Gasteiger partial charge in [0.15, 0.2) is 10.6 Å². The molecule has 0 atom stereocenters. The Morgan fingerprint density at radius 1 is 1.26 bits per heavy atom. The molecule has 0 bridgehead atoms. The molecule has 6 heteroatoms. The van der Waals surface area contributed by atoms with Crippen molar-refractivity contribution in [3.63, 3.8) is 0 Å². The van der Waals surface area contributed by atoms with Crippen LogP contribution in [0.15, 0.2) is 23.1 Å². The van der Waals surface area contributed by atoms with E-state index in [0.29, 0.717) is 16.2 Å². The molecule has 0 unspecified atom stereocenters. The normalized spacial score (nSPS) is 11.5. The molecule has 5 nitrogen and oxygen atoms in total. The maximum Gasteiger partial charge on any atom is 0.261 e. The van der Waals surface area contributed by atoms with Gasteiger partial charge in [0, 0.05) is 18.3 Å². The van der Waals surface area contributed by atoms with Gasteiger partial charge in [-0.3, -0.25) is 14.5 Å². The summed E-state index contributed by atoms with van der Waals surface area (Å²) in [7, 11) is 0. The Labute approximate surface area is 116 Å². The number of nitrogens with zero attached hydrogens (tertiary/aromatic N) is 3. The van der Waals surface area contributed by atoms with E-state index in [2.05, 4.69) is 10.2 Å². The highest BCUT2D eigenvalue weighted by atomic mass is 32.1. The molecule has 1 N–H and O–H groups in total. The molecule has 0 saturated carbocycles. The first kappa shape index (κ1) is 13.7. The minimum atomic E-state index is -0.0478. The molecule has 0 aliphatic heterocycles. The lowest BCUT2D eigenvalue weighted by molar-refractivity contribution is 0.574. The molecule has 102 valence electrons. The van der Waals surface area contributed by atoms with Gasteiger partial charge in [-0.2, -0.15) is 5.10 Å². The fraction of sp³-hybridized carbons (Fsp3) is 0.462. The first-order chi connectivity index (χ1) is 8.93. The van der Waals surface area contributed by atoms with Crippen LogP contribution in [0, 0.1) is 4.77 Å². The molecule has 0 radical (unpaired) electrons. The maximum atomic E-state index is 12.5. The molecule has 0 aromatic carbocycles. The molecule has 0 amide bonds. The molecule has 2 heterocycles. The standard InChI is InChI=1S/C13H18N4OS/c1-8(2)16-7-5-6-10(12(16)18)11-14-15-13(19)17(11)9(3)4/h5-9H,1-4H3,(H,15,19). The van der Waals surface area contributed by atoms with Crippen LogP contribution < -0.4 is 5.56 Å². The summed E-state index contributed by atoms with van der Waals surface area (Å²) < 4.78 is 4.08. The quantitative estimate of drug-likeness (QED) is 0.878. The summed E-state index contributed by atoms with van der Waals surface area (Å²) in [5.41, 5.74) is 0.519. The van der Waals surface area contributed by atoms with Crippen LogP contribution in [0.2, 0.25) is 0 Å². The zero-order valence-corrected chi connectivity index (χ0v) is 12.4. The van der Waals surface area contributed by atoms with E-state index in [4.69, 9.17) is 12.2 Å². The van der Waals surface area contributed by atoms with Crippen molar-refractivity contribution in [1.82, 2.24) is 19.3 Å². The van der Waals surface area contributed by atoms with Gasteiger partial charge in [0.1, 0.15) is 0 Å². The van der Waals surface area contributed by atoms with E-state index < -0.39 is 0 Å². The van der Waals surface area contributed by atoms with Crippen LogP contribution >= 0.6 is 12.2 Å². The number of hydrogen-bond acceptors (Lipinski definition) is 3. The van der Waals surface area contributed by atoms with Crippen molar-refractivity contribution < 1.29 is 0 Å². The summed E-state index contributed by atoms with van der Waals surface area (Å²) in [6, 6.07) is 3.90. The Bertz CT molecular complexity index is 693. The van der Waals surface area contributed by atoms with Gasteiger partial charge in [0.25, 0.3) is 5.56 Å². The first-order valence-corrected chi connectivity index (χ1v) is 6.72. The molecule has 2 aromatic rings. The lowest BCUT2D eigenvalue weighted by Crippen LogP contribution is -2.23. The highest BCUT2D eigenvalue weighted by molar-refractivity contribution is 7.71. The smallest absolute Gasteiger partial charge is 0.261 e. The number of H-pyrrole nitrogens is 1. The van der Waals surface area contributed by atoms with Crippen LogP contribution in [0.3, 0.4) is 0 Å². The minimum absolute atomic E-state index is 0.0478. The van der Waals surface area contributed by atoms with Crippen molar-refractivity contribution in [3.8, 4) is 11.4 Å². The number of pyridine rings is 1. The Morgan fingerprint density at radius 3 is 2.53 bits per heavy atom. The molecule has 0 fully saturated rings. The number of aromatic amines is 1. The summed E-state index contributed by atoms with van der Waals surface area (Å²) in [6.07, 6.45) is 1.79. The Hall–Kier alpha value is -1.69. The maximum absolute atomic E-state index is 12.5. The number of hydrogen-bond donors (Lipinski definition) is 1. The zero-order valence-electron chi connectivity index (χ0n) is 11.5. The lowest BCUT2D eigenvalue weighted by Gasteiger charge is -2.13. The van der Waals surface area contributed by atoms with Crippen molar-refractivity contribution in [2.45, 2.75) is 39.8 Å². The summed E-state index contributed by atoms with van der Waals surface area (Å²) in [4.78, 5) is 12.5. The van der Waals surface area contributed by atoms with Gasteiger partial charge in [0.05, 0.1) is 5.56 Å². The topological polar surface area (TPSA) is 55.6 Å². The molecule has 0 aliphatic rings. The minimum Gasteiger partial charge on any atom is -0.312 e. The summed E-state index contributed by atoms with van der Waals surface area (Å²) in [5.74, 6) is 0.597. The zero-order chi connectivity index (χ0) is 14.2. The van der Waals surface area contributed by atoms with Crippen LogP contribution in [0.1, 0.15) is 39.8 Å². The molecule has 0 saturated heterocycles. The SMILES string of the molecule is CC(C)n1cccc(-c2n[nH]c(=S)n2C(C)C)c1=O. The fourth-order valence-corrected chi connectivity index (χ4v) is 2.40. The van der Waals surface area contributed by atoms with Gasteiger partial charge in [-0.25, -0.2) is 0 Å². The monoisotopic (exact) mass is 278 g/mol. The molecule has 0 aliphatic carbocycles. The number of nitrogens with one attached hydrogen (secondary N) is 1. The highest BCUT2D eigenvalue weighted by Crippen LogP contribution is 2.18. The number of aromatic nitrogens is 4. The van der Waals surface area contributed by atoms with E-state index in [1.54, 1.807) is 16.8 Å². The van der Waals surface area contributed by atoms with E-state index in [1.807, 2.05) is 38.3 Å². The number of rotatable bonds is 3. The fourth-order valence-electron chi connectivity index (χ4n) is 2.06. The van der Waals surface area contributed by atoms with Gasteiger partial charge in [-0.1, -0.05) is 0 Å². The second-order valence-corrected chi connectivity index (χ2v) is 5.43. The van der Waals surface area contributed by atoms with Crippen molar-refractivity contribution in [1.29, 1.82) is 0 Å². The largest absolute Gasteiger partial charge is 0.312 e. The van der Waals surface area contributed by atoms with Gasteiger partial charge in [0.2, 0.25) is 0 Å². The third-order valence-corrected chi connectivity index (χ3v) is 3.28. The summed E-state index contributed by atoms with van der Waals surface area (Å²) in [6.45, 7) is 7.98. The third kappa shape index (κ3) is 2.40. The van der Waals surface area contributed by atoms with E-state index in [9.17, 15) is 4.79 Å². The molecule has 19 heavy (non-hydrogen) atoms. The Balaban J connectivity index is 2.71. The van der Waals surface area contributed by atoms with E-state index in [1.165, 1.54) is 0 Å². The van der Waals surface area contributed by atoms with Gasteiger partial charge >= 0.3 is 0 Å². The van der Waals surface area contributed by atoms with E-state index >= 15 is 0 Å². The third-order valence-electron chi connectivity index (χ3n) is 2.99. The molecular weight excluding hydrogens is 260 g/mol. The van der Waals surface area contributed by atoms with Crippen LogP contribution in [-0.2, 0) is 0 Å². The van der Waals surface area contributed by atoms with Gasteiger partial charge in [-0.15, -0.1) is 0 Å². The second-order valence-electron chi connectivity index (χ2n) is 5.04. The molecule has 2 aromatic heterocycles. The van der Waals surface area contributed by atoms with Crippen molar-refractivity contribution >= 4 is 12.2 Å².